The van der Waals surface area contributed by atoms with Crippen LogP contribution in [0.5, 0.6) is 5.75 Å². The fourth-order valence-corrected chi connectivity index (χ4v) is 2.07. The maximum Gasteiger partial charge on any atom is 0.408 e. The molecular weight excluding hydrogens is 322 g/mol. The number of hydrogen-bond donors (Lipinski definition) is 1. The fraction of sp³-hybridized carbons (Fsp3) is 0.579. The van der Waals surface area contributed by atoms with Crippen molar-refractivity contribution in [2.24, 2.45) is 0 Å². The summed E-state index contributed by atoms with van der Waals surface area (Å²) in [7, 11) is 0. The van der Waals surface area contributed by atoms with Crippen molar-refractivity contribution in [3.8, 4) is 5.75 Å². The summed E-state index contributed by atoms with van der Waals surface area (Å²) in [6.45, 7) is 10.8. The van der Waals surface area contributed by atoms with E-state index in [1.54, 1.807) is 20.8 Å². The van der Waals surface area contributed by atoms with Gasteiger partial charge in [-0.3, -0.25) is 4.79 Å². The molecule has 1 amide bonds. The Morgan fingerprint density at radius 3 is 2.20 bits per heavy atom. The standard InChI is InChI=1S/C19H29NO5/c1-13(2)23-16-9-7-15(8-10-16)11-14(3)24-17(21)12-20-18(22)25-19(4,5)6/h7-10,13-14H,11-12H2,1-6H3,(H,20,22). The van der Waals surface area contributed by atoms with Crippen LogP contribution in [-0.2, 0) is 20.7 Å². The lowest BCUT2D eigenvalue weighted by Crippen LogP contribution is -2.36. The fourth-order valence-electron chi connectivity index (χ4n) is 2.07. The second kappa shape index (κ2) is 9.30. The Labute approximate surface area is 149 Å². The topological polar surface area (TPSA) is 73.9 Å². The van der Waals surface area contributed by atoms with E-state index in [2.05, 4.69) is 5.32 Å². The molecule has 1 N–H and O–H groups in total. The van der Waals surface area contributed by atoms with Gasteiger partial charge in [0.05, 0.1) is 6.10 Å². The molecule has 0 aliphatic heterocycles. The van der Waals surface area contributed by atoms with Gasteiger partial charge in [-0.15, -0.1) is 0 Å². The molecule has 0 aromatic heterocycles. The summed E-state index contributed by atoms with van der Waals surface area (Å²) >= 11 is 0. The molecule has 25 heavy (non-hydrogen) atoms. The summed E-state index contributed by atoms with van der Waals surface area (Å²) in [6, 6.07) is 7.68. The van der Waals surface area contributed by atoms with Crippen molar-refractivity contribution in [3.63, 3.8) is 0 Å². The van der Waals surface area contributed by atoms with Crippen LogP contribution in [0.4, 0.5) is 4.79 Å². The molecule has 0 bridgehead atoms. The van der Waals surface area contributed by atoms with Gasteiger partial charge in [0, 0.05) is 6.42 Å². The Kier molecular flexibility index (Phi) is 7.74. The molecule has 0 aliphatic rings. The minimum Gasteiger partial charge on any atom is -0.491 e. The van der Waals surface area contributed by atoms with Gasteiger partial charge >= 0.3 is 12.1 Å². The highest BCUT2D eigenvalue weighted by Gasteiger charge is 2.17. The Bertz CT molecular complexity index is 560. The van der Waals surface area contributed by atoms with Gasteiger partial charge in [0.2, 0.25) is 0 Å². The van der Waals surface area contributed by atoms with E-state index in [1.807, 2.05) is 45.0 Å². The van der Waals surface area contributed by atoms with Gasteiger partial charge in [0.1, 0.15) is 24.0 Å². The van der Waals surface area contributed by atoms with Crippen LogP contribution in [0, 0.1) is 0 Å². The van der Waals surface area contributed by atoms with Gasteiger partial charge in [0.15, 0.2) is 0 Å². The molecule has 6 heteroatoms. The average molecular weight is 351 g/mol. The zero-order valence-corrected chi connectivity index (χ0v) is 15.9. The third kappa shape index (κ3) is 9.59. The van der Waals surface area contributed by atoms with Crippen LogP contribution in [0.2, 0.25) is 0 Å². The number of benzene rings is 1. The zero-order chi connectivity index (χ0) is 19.0. The number of alkyl carbamates (subject to hydrolysis) is 1. The van der Waals surface area contributed by atoms with Crippen LogP contribution in [-0.4, -0.2) is 36.4 Å². The summed E-state index contributed by atoms with van der Waals surface area (Å²) in [6.07, 6.45) is -0.231. The number of ether oxygens (including phenoxy) is 3. The smallest absolute Gasteiger partial charge is 0.408 e. The largest absolute Gasteiger partial charge is 0.491 e. The minimum absolute atomic E-state index is 0.128. The molecule has 0 saturated heterocycles. The molecule has 140 valence electrons. The van der Waals surface area contributed by atoms with Crippen molar-refractivity contribution in [1.82, 2.24) is 5.32 Å². The maximum absolute atomic E-state index is 11.8. The first kappa shape index (κ1) is 20.8. The third-order valence-electron chi connectivity index (χ3n) is 2.93. The van der Waals surface area contributed by atoms with Crippen LogP contribution in [0.15, 0.2) is 24.3 Å². The summed E-state index contributed by atoms with van der Waals surface area (Å²) in [5.41, 5.74) is 0.434. The van der Waals surface area contributed by atoms with E-state index in [1.165, 1.54) is 0 Å². The van der Waals surface area contributed by atoms with Crippen LogP contribution in [0.1, 0.15) is 47.1 Å². The molecule has 0 heterocycles. The van der Waals surface area contributed by atoms with Crippen molar-refractivity contribution >= 4 is 12.1 Å². The minimum atomic E-state index is -0.641. The van der Waals surface area contributed by atoms with Gasteiger partial charge in [-0.05, 0) is 59.2 Å². The summed E-state index contributed by atoms with van der Waals surface area (Å²) in [5.74, 6) is 0.308. The zero-order valence-electron chi connectivity index (χ0n) is 15.9. The lowest BCUT2D eigenvalue weighted by atomic mass is 10.1. The molecule has 1 aromatic rings. The quantitative estimate of drug-likeness (QED) is 0.762. The molecule has 0 saturated carbocycles. The molecule has 1 atom stereocenters. The number of nitrogens with one attached hydrogen (secondary N) is 1. The highest BCUT2D eigenvalue weighted by molar-refractivity contribution is 5.78. The van der Waals surface area contributed by atoms with E-state index in [4.69, 9.17) is 14.2 Å². The average Bonchev–Trinajstić information content (AvgIpc) is 2.45. The molecule has 1 aromatic carbocycles. The SMILES string of the molecule is CC(C)Oc1ccc(CC(C)OC(=O)CNC(=O)OC(C)(C)C)cc1. The number of amides is 1. The predicted molar refractivity (Wildman–Crippen MR) is 95.7 cm³/mol. The summed E-state index contributed by atoms with van der Waals surface area (Å²) in [4.78, 5) is 23.3. The molecule has 0 radical (unpaired) electrons. The normalized spacial score (nSPS) is 12.4. The number of rotatable bonds is 7. The number of esters is 1. The molecule has 0 spiro atoms. The summed E-state index contributed by atoms with van der Waals surface area (Å²) < 4.78 is 15.9. The van der Waals surface area contributed by atoms with Gasteiger partial charge in [-0.25, -0.2) is 4.79 Å². The first-order chi connectivity index (χ1) is 11.5. The Hall–Kier alpha value is -2.24. The number of carbonyl (C=O) groups is 2. The second-order valence-corrected chi connectivity index (χ2v) is 7.17. The Morgan fingerprint density at radius 2 is 1.68 bits per heavy atom. The van der Waals surface area contributed by atoms with Crippen LogP contribution >= 0.6 is 0 Å². The maximum atomic E-state index is 11.8. The molecule has 6 nitrogen and oxygen atoms in total. The Morgan fingerprint density at radius 1 is 1.08 bits per heavy atom. The van der Waals surface area contributed by atoms with Crippen molar-refractivity contribution in [1.29, 1.82) is 0 Å². The van der Waals surface area contributed by atoms with Crippen LogP contribution < -0.4 is 10.1 Å². The lowest BCUT2D eigenvalue weighted by Gasteiger charge is -2.20. The van der Waals surface area contributed by atoms with E-state index in [-0.39, 0.29) is 18.8 Å². The molecule has 1 unspecified atom stereocenters. The van der Waals surface area contributed by atoms with E-state index < -0.39 is 17.7 Å². The van der Waals surface area contributed by atoms with Gasteiger partial charge in [-0.2, -0.15) is 0 Å². The highest BCUT2D eigenvalue weighted by atomic mass is 16.6. The van der Waals surface area contributed by atoms with E-state index >= 15 is 0 Å². The monoisotopic (exact) mass is 351 g/mol. The van der Waals surface area contributed by atoms with Gasteiger partial charge in [-0.1, -0.05) is 12.1 Å². The van der Waals surface area contributed by atoms with Gasteiger partial charge in [0.25, 0.3) is 0 Å². The van der Waals surface area contributed by atoms with Crippen LogP contribution in [0.3, 0.4) is 0 Å². The number of carbonyl (C=O) groups excluding carboxylic acids is 2. The van der Waals surface area contributed by atoms with Crippen molar-refractivity contribution in [3.05, 3.63) is 29.8 Å². The van der Waals surface area contributed by atoms with Crippen molar-refractivity contribution < 1.29 is 23.8 Å². The molecule has 0 fully saturated rings. The predicted octanol–water partition coefficient (Wildman–Crippen LogP) is 3.47. The molecular formula is C19H29NO5. The lowest BCUT2D eigenvalue weighted by molar-refractivity contribution is -0.147. The molecule has 0 aliphatic carbocycles. The first-order valence-corrected chi connectivity index (χ1v) is 8.47. The van der Waals surface area contributed by atoms with E-state index in [0.29, 0.717) is 6.42 Å². The molecule has 1 rings (SSSR count). The number of hydrogen-bond acceptors (Lipinski definition) is 5. The van der Waals surface area contributed by atoms with E-state index in [9.17, 15) is 9.59 Å². The first-order valence-electron chi connectivity index (χ1n) is 8.47. The van der Waals surface area contributed by atoms with Crippen LogP contribution in [0.25, 0.3) is 0 Å². The van der Waals surface area contributed by atoms with Gasteiger partial charge < -0.3 is 19.5 Å². The third-order valence-corrected chi connectivity index (χ3v) is 2.93. The highest BCUT2D eigenvalue weighted by Crippen LogP contribution is 2.15. The van der Waals surface area contributed by atoms with Crippen molar-refractivity contribution in [2.45, 2.75) is 65.8 Å². The van der Waals surface area contributed by atoms with Crippen molar-refractivity contribution in [2.75, 3.05) is 6.54 Å². The van der Waals surface area contributed by atoms with E-state index in [0.717, 1.165) is 11.3 Å². The Balaban J connectivity index is 2.36. The summed E-state index contributed by atoms with van der Waals surface area (Å²) in [5, 5.41) is 2.38. The second-order valence-electron chi connectivity index (χ2n) is 7.17.